The van der Waals surface area contributed by atoms with Crippen LogP contribution in [0.15, 0.2) is 24.3 Å². The van der Waals surface area contributed by atoms with Crippen molar-refractivity contribution in [3.8, 4) is 0 Å². The molecule has 0 fully saturated rings. The maximum absolute atomic E-state index is 12.0. The molecule has 1 aromatic rings. The summed E-state index contributed by atoms with van der Waals surface area (Å²) in [7, 11) is 0. The highest BCUT2D eigenvalue weighted by Gasteiger charge is 2.21. The molecule has 0 saturated carbocycles. The van der Waals surface area contributed by atoms with Gasteiger partial charge in [-0.3, -0.25) is 4.79 Å². The minimum atomic E-state index is -0.656. The van der Waals surface area contributed by atoms with Crippen molar-refractivity contribution in [1.29, 1.82) is 0 Å². The van der Waals surface area contributed by atoms with Gasteiger partial charge >= 0.3 is 6.09 Å². The smallest absolute Gasteiger partial charge is 0.408 e. The molecule has 1 amide bonds. The van der Waals surface area contributed by atoms with E-state index >= 15 is 0 Å². The molecular formula is C14H18ClNO3. The van der Waals surface area contributed by atoms with Crippen LogP contribution in [-0.4, -0.2) is 23.5 Å². The Morgan fingerprint density at radius 2 is 1.74 bits per heavy atom. The molecule has 0 bridgehead atoms. The summed E-state index contributed by atoms with van der Waals surface area (Å²) in [6, 6.07) is 5.86. The van der Waals surface area contributed by atoms with Crippen molar-refractivity contribution in [1.82, 2.24) is 5.32 Å². The highest BCUT2D eigenvalue weighted by atomic mass is 35.5. The van der Waals surface area contributed by atoms with E-state index in [1.807, 2.05) is 0 Å². The number of Topliss-reactive ketones (excluding diaryl/α,β-unsaturated/α-hetero) is 1. The summed E-state index contributed by atoms with van der Waals surface area (Å²) in [5, 5.41) is 3.07. The number of ether oxygens (including phenoxy) is 1. The molecule has 1 atom stereocenters. The summed E-state index contributed by atoms with van der Waals surface area (Å²) in [5.41, 5.74) is -0.0967. The van der Waals surface area contributed by atoms with Gasteiger partial charge in [-0.25, -0.2) is 4.79 Å². The number of carbonyl (C=O) groups excluding carboxylic acids is 2. The number of carbonyl (C=O) groups is 2. The first-order valence-corrected chi connectivity index (χ1v) is 6.36. The molecular weight excluding hydrogens is 266 g/mol. The molecule has 0 spiro atoms. The van der Waals surface area contributed by atoms with Crippen LogP contribution >= 0.6 is 11.6 Å². The van der Waals surface area contributed by atoms with Crippen molar-refractivity contribution in [2.24, 2.45) is 0 Å². The van der Waals surface area contributed by atoms with Crippen LogP contribution in [0.3, 0.4) is 0 Å². The van der Waals surface area contributed by atoms with Gasteiger partial charge in [0.1, 0.15) is 5.60 Å². The van der Waals surface area contributed by atoms with Gasteiger partial charge in [0.2, 0.25) is 0 Å². The van der Waals surface area contributed by atoms with Gasteiger partial charge in [-0.05, 0) is 52.0 Å². The minimum Gasteiger partial charge on any atom is -0.444 e. The normalized spacial score (nSPS) is 12.7. The van der Waals surface area contributed by atoms with Gasteiger partial charge in [0.15, 0.2) is 5.78 Å². The first-order chi connectivity index (χ1) is 8.69. The molecule has 0 saturated heterocycles. The zero-order valence-corrected chi connectivity index (χ0v) is 12.2. The quantitative estimate of drug-likeness (QED) is 0.865. The molecule has 0 aliphatic rings. The van der Waals surface area contributed by atoms with Crippen LogP contribution in [-0.2, 0) is 4.74 Å². The molecule has 1 aromatic carbocycles. The highest BCUT2D eigenvalue weighted by molar-refractivity contribution is 6.30. The van der Waals surface area contributed by atoms with Gasteiger partial charge < -0.3 is 10.1 Å². The van der Waals surface area contributed by atoms with Gasteiger partial charge in [-0.2, -0.15) is 0 Å². The van der Waals surface area contributed by atoms with E-state index in [9.17, 15) is 9.59 Å². The third-order valence-corrected chi connectivity index (χ3v) is 2.51. The van der Waals surface area contributed by atoms with Crippen molar-refractivity contribution in [3.63, 3.8) is 0 Å². The van der Waals surface area contributed by atoms with E-state index in [1.54, 1.807) is 52.0 Å². The Bertz CT molecular complexity index is 463. The van der Waals surface area contributed by atoms with Gasteiger partial charge in [-0.15, -0.1) is 0 Å². The lowest BCUT2D eigenvalue weighted by molar-refractivity contribution is 0.0497. The fourth-order valence-electron chi connectivity index (χ4n) is 1.41. The van der Waals surface area contributed by atoms with Crippen molar-refractivity contribution < 1.29 is 14.3 Å². The Morgan fingerprint density at radius 3 is 2.21 bits per heavy atom. The number of nitrogens with one attached hydrogen (secondary N) is 1. The van der Waals surface area contributed by atoms with E-state index in [2.05, 4.69) is 5.32 Å². The van der Waals surface area contributed by atoms with Crippen molar-refractivity contribution >= 4 is 23.5 Å². The summed E-state index contributed by atoms with van der Waals surface area (Å²) in [6.07, 6.45) is -0.609. The maximum atomic E-state index is 12.0. The van der Waals surface area contributed by atoms with E-state index in [0.717, 1.165) is 0 Å². The van der Waals surface area contributed by atoms with E-state index in [0.29, 0.717) is 10.6 Å². The fourth-order valence-corrected chi connectivity index (χ4v) is 1.54. The molecule has 4 nitrogen and oxygen atoms in total. The van der Waals surface area contributed by atoms with Crippen molar-refractivity contribution in [2.75, 3.05) is 0 Å². The lowest BCUT2D eigenvalue weighted by Crippen LogP contribution is -2.41. The van der Waals surface area contributed by atoms with E-state index < -0.39 is 17.7 Å². The van der Waals surface area contributed by atoms with Crippen LogP contribution in [0.5, 0.6) is 0 Å². The van der Waals surface area contributed by atoms with Gasteiger partial charge in [0.25, 0.3) is 0 Å². The number of hydrogen-bond acceptors (Lipinski definition) is 3. The topological polar surface area (TPSA) is 55.4 Å². The molecule has 0 aromatic heterocycles. The number of halogens is 1. The van der Waals surface area contributed by atoms with E-state index in [-0.39, 0.29) is 5.78 Å². The van der Waals surface area contributed by atoms with Crippen molar-refractivity contribution in [3.05, 3.63) is 34.9 Å². The monoisotopic (exact) mass is 283 g/mol. The van der Waals surface area contributed by atoms with Crippen LogP contribution in [0.1, 0.15) is 38.1 Å². The second-order valence-corrected chi connectivity index (χ2v) is 5.68. The summed E-state index contributed by atoms with van der Waals surface area (Å²) in [4.78, 5) is 23.6. The Labute approximate surface area is 118 Å². The molecule has 104 valence electrons. The van der Waals surface area contributed by atoms with Gasteiger partial charge in [0, 0.05) is 10.6 Å². The van der Waals surface area contributed by atoms with Crippen LogP contribution < -0.4 is 5.32 Å². The molecule has 19 heavy (non-hydrogen) atoms. The van der Waals surface area contributed by atoms with E-state index in [4.69, 9.17) is 16.3 Å². The van der Waals surface area contributed by atoms with Crippen LogP contribution in [0, 0.1) is 0 Å². The zero-order valence-electron chi connectivity index (χ0n) is 11.5. The highest BCUT2D eigenvalue weighted by Crippen LogP contribution is 2.12. The lowest BCUT2D eigenvalue weighted by atomic mass is 10.1. The standard InChI is InChI=1S/C14H18ClNO3/c1-9(16-13(18)19-14(2,3)4)12(17)10-5-7-11(15)8-6-10/h5-9H,1-4H3,(H,16,18)/t9-/m0/s1. The molecule has 1 N–H and O–H groups in total. The summed E-state index contributed by atoms with van der Waals surface area (Å²) >= 11 is 5.75. The molecule has 0 aliphatic carbocycles. The van der Waals surface area contributed by atoms with Gasteiger partial charge in [0.05, 0.1) is 6.04 Å². The average molecular weight is 284 g/mol. The first kappa shape index (κ1) is 15.5. The van der Waals surface area contributed by atoms with Crippen LogP contribution in [0.2, 0.25) is 5.02 Å². The Kier molecular flexibility index (Phi) is 4.95. The second-order valence-electron chi connectivity index (χ2n) is 5.24. The third kappa shape index (κ3) is 5.30. The predicted octanol–water partition coefficient (Wildman–Crippen LogP) is 3.44. The number of amides is 1. The molecule has 1 rings (SSSR count). The van der Waals surface area contributed by atoms with Crippen LogP contribution in [0.25, 0.3) is 0 Å². The average Bonchev–Trinajstić information content (AvgIpc) is 2.26. The molecule has 0 unspecified atom stereocenters. The largest absolute Gasteiger partial charge is 0.444 e. The summed E-state index contributed by atoms with van der Waals surface area (Å²) in [6.45, 7) is 6.90. The Hall–Kier alpha value is -1.55. The molecule has 0 aliphatic heterocycles. The third-order valence-electron chi connectivity index (χ3n) is 2.26. The number of hydrogen-bond donors (Lipinski definition) is 1. The Balaban J connectivity index is 2.63. The fraction of sp³-hybridized carbons (Fsp3) is 0.429. The van der Waals surface area contributed by atoms with E-state index in [1.165, 1.54) is 0 Å². The van der Waals surface area contributed by atoms with Crippen LogP contribution in [0.4, 0.5) is 4.79 Å². The Morgan fingerprint density at radius 1 is 1.21 bits per heavy atom. The SMILES string of the molecule is C[C@H](NC(=O)OC(C)(C)C)C(=O)c1ccc(Cl)cc1. The molecule has 0 radical (unpaired) electrons. The second kappa shape index (κ2) is 6.06. The first-order valence-electron chi connectivity index (χ1n) is 5.98. The zero-order chi connectivity index (χ0) is 14.6. The molecule has 5 heteroatoms. The number of rotatable bonds is 3. The predicted molar refractivity (Wildman–Crippen MR) is 74.6 cm³/mol. The number of benzene rings is 1. The lowest BCUT2D eigenvalue weighted by Gasteiger charge is -2.21. The minimum absolute atomic E-state index is 0.192. The van der Waals surface area contributed by atoms with Gasteiger partial charge in [-0.1, -0.05) is 11.6 Å². The van der Waals surface area contributed by atoms with Crippen molar-refractivity contribution in [2.45, 2.75) is 39.3 Å². The summed E-state index contributed by atoms with van der Waals surface area (Å²) in [5.74, 6) is -0.192. The summed E-state index contributed by atoms with van der Waals surface area (Å²) < 4.78 is 5.09. The number of ketones is 1. The maximum Gasteiger partial charge on any atom is 0.408 e. The number of alkyl carbamates (subject to hydrolysis) is 1. The molecule has 0 heterocycles.